The fourth-order valence-corrected chi connectivity index (χ4v) is 5.26. The molecule has 2 N–H and O–H groups in total. The summed E-state index contributed by atoms with van der Waals surface area (Å²) in [4.78, 5) is 16.4. The van der Waals surface area contributed by atoms with Crippen molar-refractivity contribution < 1.29 is 17.9 Å². The van der Waals surface area contributed by atoms with E-state index in [1.165, 1.54) is 24.0 Å². The van der Waals surface area contributed by atoms with E-state index in [0.29, 0.717) is 50.4 Å². The SMILES string of the molecule is NC1=N[C@@]2(CS1)c1cc(-c3c(F)ccnc3F)ccc1Oc1cnc(-c3ccnc(F)c3)cc12. The number of hydrogen-bond acceptors (Lipinski definition) is 7. The van der Waals surface area contributed by atoms with Gasteiger partial charge < -0.3 is 10.5 Å². The average Bonchev–Trinajstić information content (AvgIpc) is 3.21. The van der Waals surface area contributed by atoms with Crippen LogP contribution in [0.15, 0.2) is 66.0 Å². The zero-order valence-corrected chi connectivity index (χ0v) is 18.1. The van der Waals surface area contributed by atoms with Crippen LogP contribution in [-0.2, 0) is 5.54 Å². The summed E-state index contributed by atoms with van der Waals surface area (Å²) < 4.78 is 48.8. The number of amidine groups is 1. The number of halogens is 3. The number of aliphatic imine (C=N–C) groups is 1. The number of fused-ring (bicyclic) bond motifs is 4. The molecule has 6 rings (SSSR count). The third-order valence-corrected chi connectivity index (χ3v) is 6.80. The number of rotatable bonds is 2. The molecule has 168 valence electrons. The van der Waals surface area contributed by atoms with Gasteiger partial charge in [-0.2, -0.15) is 8.78 Å². The molecule has 6 nitrogen and oxygen atoms in total. The molecular weight excluding hydrogens is 463 g/mol. The molecule has 10 heteroatoms. The van der Waals surface area contributed by atoms with Crippen molar-refractivity contribution in [2.24, 2.45) is 10.7 Å². The number of aromatic nitrogens is 3. The third kappa shape index (κ3) is 3.13. The van der Waals surface area contributed by atoms with Gasteiger partial charge in [0.05, 0.1) is 17.5 Å². The number of nitrogens with zero attached hydrogens (tertiary/aromatic N) is 4. The Morgan fingerprint density at radius 2 is 1.71 bits per heavy atom. The zero-order valence-electron chi connectivity index (χ0n) is 17.3. The lowest BCUT2D eigenvalue weighted by Crippen LogP contribution is -2.30. The molecule has 0 fully saturated rings. The summed E-state index contributed by atoms with van der Waals surface area (Å²) in [6, 6.07) is 10.7. The molecule has 0 saturated heterocycles. The maximum absolute atomic E-state index is 14.5. The van der Waals surface area contributed by atoms with Gasteiger partial charge in [0.15, 0.2) is 10.9 Å². The van der Waals surface area contributed by atoms with Crippen molar-refractivity contribution in [3.63, 3.8) is 0 Å². The van der Waals surface area contributed by atoms with Crippen LogP contribution in [-0.4, -0.2) is 25.9 Å². The normalized spacial score (nSPS) is 18.3. The van der Waals surface area contributed by atoms with E-state index in [4.69, 9.17) is 15.5 Å². The molecule has 0 bridgehead atoms. The Balaban J connectivity index is 1.57. The lowest BCUT2D eigenvalue weighted by molar-refractivity contribution is 0.414. The predicted molar refractivity (Wildman–Crippen MR) is 122 cm³/mol. The minimum Gasteiger partial charge on any atom is -0.455 e. The summed E-state index contributed by atoms with van der Waals surface area (Å²) in [6.07, 6.45) is 3.98. The number of nitrogens with two attached hydrogens (primary N) is 1. The van der Waals surface area contributed by atoms with Crippen LogP contribution in [0.1, 0.15) is 11.1 Å². The fraction of sp³-hybridized carbons (Fsp3) is 0.0833. The first kappa shape index (κ1) is 20.7. The molecule has 0 saturated carbocycles. The zero-order chi connectivity index (χ0) is 23.4. The van der Waals surface area contributed by atoms with Gasteiger partial charge in [-0.05, 0) is 35.9 Å². The first-order valence-corrected chi connectivity index (χ1v) is 11.2. The Bertz CT molecular complexity index is 1490. The molecule has 4 aromatic rings. The van der Waals surface area contributed by atoms with Gasteiger partial charge in [0.2, 0.25) is 11.9 Å². The quantitative estimate of drug-likeness (QED) is 0.408. The molecule has 5 heterocycles. The Labute approximate surface area is 195 Å². The van der Waals surface area contributed by atoms with Gasteiger partial charge in [0.25, 0.3) is 0 Å². The Hall–Kier alpha value is -3.92. The van der Waals surface area contributed by atoms with Crippen molar-refractivity contribution in [3.8, 4) is 33.9 Å². The van der Waals surface area contributed by atoms with E-state index in [1.54, 1.807) is 36.5 Å². The molecule has 2 aliphatic rings. The maximum Gasteiger partial charge on any atom is 0.223 e. The van der Waals surface area contributed by atoms with Gasteiger partial charge in [-0.25, -0.2) is 19.4 Å². The van der Waals surface area contributed by atoms with E-state index < -0.39 is 23.3 Å². The van der Waals surface area contributed by atoms with Gasteiger partial charge in [0.1, 0.15) is 17.1 Å². The van der Waals surface area contributed by atoms with Gasteiger partial charge in [0, 0.05) is 40.9 Å². The van der Waals surface area contributed by atoms with E-state index in [-0.39, 0.29) is 5.56 Å². The monoisotopic (exact) mass is 477 g/mol. The van der Waals surface area contributed by atoms with Gasteiger partial charge in [-0.3, -0.25) is 4.98 Å². The van der Waals surface area contributed by atoms with Crippen molar-refractivity contribution in [1.82, 2.24) is 15.0 Å². The van der Waals surface area contributed by atoms with Gasteiger partial charge in [-0.1, -0.05) is 17.8 Å². The molecule has 0 amide bonds. The summed E-state index contributed by atoms with van der Waals surface area (Å²) in [5, 5.41) is 0.372. The second-order valence-electron chi connectivity index (χ2n) is 7.80. The molecule has 1 spiro atoms. The van der Waals surface area contributed by atoms with Crippen molar-refractivity contribution in [3.05, 3.63) is 89.9 Å². The highest BCUT2D eigenvalue weighted by atomic mass is 32.2. The molecule has 1 aromatic carbocycles. The highest BCUT2D eigenvalue weighted by Crippen LogP contribution is 2.54. The summed E-state index contributed by atoms with van der Waals surface area (Å²) >= 11 is 1.36. The minimum absolute atomic E-state index is 0.239. The largest absolute Gasteiger partial charge is 0.455 e. The molecule has 2 aliphatic heterocycles. The highest BCUT2D eigenvalue weighted by Gasteiger charge is 2.46. The molecule has 0 aliphatic carbocycles. The van der Waals surface area contributed by atoms with Crippen molar-refractivity contribution in [1.29, 1.82) is 0 Å². The van der Waals surface area contributed by atoms with E-state index in [2.05, 4.69) is 15.0 Å². The van der Waals surface area contributed by atoms with Crippen molar-refractivity contribution >= 4 is 16.9 Å². The van der Waals surface area contributed by atoms with Crippen LogP contribution in [0.25, 0.3) is 22.4 Å². The van der Waals surface area contributed by atoms with Crippen LogP contribution in [0.4, 0.5) is 13.2 Å². The molecular formula is C24H14F3N5OS. The van der Waals surface area contributed by atoms with Crippen molar-refractivity contribution in [2.45, 2.75) is 5.54 Å². The van der Waals surface area contributed by atoms with E-state index in [0.717, 1.165) is 12.3 Å². The first-order valence-electron chi connectivity index (χ1n) is 10.2. The van der Waals surface area contributed by atoms with Crippen LogP contribution in [0, 0.1) is 17.7 Å². The second kappa shape index (κ2) is 7.56. The number of thioether (sulfide) groups is 1. The average molecular weight is 477 g/mol. The maximum atomic E-state index is 14.5. The van der Waals surface area contributed by atoms with E-state index in [1.807, 2.05) is 0 Å². The van der Waals surface area contributed by atoms with Crippen LogP contribution in [0.3, 0.4) is 0 Å². The lowest BCUT2D eigenvalue weighted by atomic mass is 9.81. The predicted octanol–water partition coefficient (Wildman–Crippen LogP) is 5.03. The number of pyridine rings is 3. The lowest BCUT2D eigenvalue weighted by Gasteiger charge is -2.34. The fourth-order valence-electron chi connectivity index (χ4n) is 4.31. The molecule has 0 unspecified atom stereocenters. The smallest absolute Gasteiger partial charge is 0.223 e. The van der Waals surface area contributed by atoms with Crippen LogP contribution < -0.4 is 10.5 Å². The molecule has 34 heavy (non-hydrogen) atoms. The summed E-state index contributed by atoms with van der Waals surface area (Å²) in [6.45, 7) is 0. The summed E-state index contributed by atoms with van der Waals surface area (Å²) in [5.41, 5.74) is 7.47. The Morgan fingerprint density at radius 1 is 0.882 bits per heavy atom. The number of hydrogen-bond donors (Lipinski definition) is 1. The van der Waals surface area contributed by atoms with Crippen LogP contribution >= 0.6 is 11.8 Å². The second-order valence-corrected chi connectivity index (χ2v) is 8.80. The molecule has 0 radical (unpaired) electrons. The topological polar surface area (TPSA) is 86.3 Å². The molecule has 1 atom stereocenters. The Kier molecular flexibility index (Phi) is 4.59. The first-order chi connectivity index (χ1) is 16.4. The van der Waals surface area contributed by atoms with Gasteiger partial charge >= 0.3 is 0 Å². The molecule has 3 aromatic heterocycles. The summed E-state index contributed by atoms with van der Waals surface area (Å²) in [5.74, 6) is -0.884. The minimum atomic E-state index is -0.980. The van der Waals surface area contributed by atoms with Crippen molar-refractivity contribution in [2.75, 3.05) is 5.75 Å². The highest BCUT2D eigenvalue weighted by molar-refractivity contribution is 8.14. The van der Waals surface area contributed by atoms with Crippen LogP contribution in [0.2, 0.25) is 0 Å². The number of benzene rings is 1. The summed E-state index contributed by atoms with van der Waals surface area (Å²) in [7, 11) is 0. The van der Waals surface area contributed by atoms with E-state index >= 15 is 0 Å². The van der Waals surface area contributed by atoms with E-state index in [9.17, 15) is 13.2 Å². The Morgan fingerprint density at radius 3 is 2.47 bits per heavy atom. The number of ether oxygens (including phenoxy) is 1. The standard InChI is InChI=1S/C24H14F3N5OS/c25-16-4-6-30-22(27)21(16)13-1-2-18-14(7-13)24(11-34-23(28)32-24)15-9-17(31-10-19(15)33-18)12-3-5-29-20(26)8-12/h1-10H,11H2,(H2,28,32)/t24-/m0/s1. The third-order valence-electron chi connectivity index (χ3n) is 5.85. The van der Waals surface area contributed by atoms with Gasteiger partial charge in [-0.15, -0.1) is 0 Å². The van der Waals surface area contributed by atoms with Crippen LogP contribution in [0.5, 0.6) is 11.5 Å².